The van der Waals surface area contributed by atoms with Crippen molar-refractivity contribution < 1.29 is 18.0 Å². The molecule has 0 fully saturated rings. The quantitative estimate of drug-likeness (QED) is 0.838. The fourth-order valence-electron chi connectivity index (χ4n) is 2.11. The first-order valence-corrected chi connectivity index (χ1v) is 6.43. The van der Waals surface area contributed by atoms with E-state index in [4.69, 9.17) is 5.26 Å². The van der Waals surface area contributed by atoms with Crippen LogP contribution in [0.4, 0.5) is 23.7 Å². The highest BCUT2D eigenvalue weighted by atomic mass is 32.1. The van der Waals surface area contributed by atoms with Gasteiger partial charge in [-0.25, -0.2) is 0 Å². The first kappa shape index (κ1) is 15.8. The summed E-state index contributed by atoms with van der Waals surface area (Å²) in [7, 11) is 0. The van der Waals surface area contributed by atoms with Crippen molar-refractivity contribution in [3.05, 3.63) is 53.6 Å². The van der Waals surface area contributed by atoms with Gasteiger partial charge in [-0.1, -0.05) is 30.3 Å². The third-order valence-electron chi connectivity index (χ3n) is 2.91. The van der Waals surface area contributed by atoms with Crippen molar-refractivity contribution in [2.24, 2.45) is 0 Å². The smallest absolute Gasteiger partial charge is 0.418 e. The number of alkyl halides is 3. The molecule has 0 spiro atoms. The van der Waals surface area contributed by atoms with Gasteiger partial charge in [0, 0.05) is 11.3 Å². The molecule has 2 rings (SSSR count). The van der Waals surface area contributed by atoms with Crippen molar-refractivity contribution in [3.8, 4) is 17.2 Å². The number of carbonyl (C=O) groups excluding carboxylic acids is 1. The van der Waals surface area contributed by atoms with Gasteiger partial charge >= 0.3 is 6.18 Å². The van der Waals surface area contributed by atoms with Crippen LogP contribution in [0.5, 0.6) is 0 Å². The summed E-state index contributed by atoms with van der Waals surface area (Å²) in [5, 5.41) is 10.3. The summed E-state index contributed by atoms with van der Waals surface area (Å²) in [5.74, 6) is 0. The summed E-state index contributed by atoms with van der Waals surface area (Å²) in [6, 6.07) is 11.5. The largest absolute Gasteiger partial charge is 0.719 e. The lowest BCUT2D eigenvalue weighted by molar-refractivity contribution is -0.137. The normalized spacial score (nSPS) is 10.8. The van der Waals surface area contributed by atoms with Crippen molar-refractivity contribution in [1.82, 2.24) is 0 Å². The van der Waals surface area contributed by atoms with E-state index in [9.17, 15) is 18.0 Å². The third kappa shape index (κ3) is 3.18. The molecular weight excluding hydrogens is 313 g/mol. The Morgan fingerprint density at radius 3 is 2.27 bits per heavy atom. The standard InChI is InChI=1S/C15H9F3N2OS/c16-15(17,18)13-10(8-19)6-7-11(20-14(21)22)12(13)9-4-2-1-3-5-9/h1-7H,(H2,20,21,22)/p-1. The summed E-state index contributed by atoms with van der Waals surface area (Å²) < 4.78 is 40.2. The summed E-state index contributed by atoms with van der Waals surface area (Å²) in [4.78, 5) is 11.1. The van der Waals surface area contributed by atoms with Crippen LogP contribution < -0.4 is 5.32 Å². The van der Waals surface area contributed by atoms with Crippen LogP contribution in [0.25, 0.3) is 11.1 Å². The first-order valence-electron chi connectivity index (χ1n) is 6.02. The van der Waals surface area contributed by atoms with Crippen molar-refractivity contribution >= 4 is 23.6 Å². The van der Waals surface area contributed by atoms with Gasteiger partial charge in [0.15, 0.2) is 0 Å². The summed E-state index contributed by atoms with van der Waals surface area (Å²) in [6.45, 7) is 0. The predicted octanol–water partition coefficient (Wildman–Crippen LogP) is 4.32. The van der Waals surface area contributed by atoms with Gasteiger partial charge in [-0.15, -0.1) is 0 Å². The maximum absolute atomic E-state index is 13.4. The Hall–Kier alpha value is -2.59. The Bertz CT molecular complexity index is 752. The van der Waals surface area contributed by atoms with E-state index in [-0.39, 0.29) is 16.8 Å². The van der Waals surface area contributed by atoms with Crippen LogP contribution in [0.3, 0.4) is 0 Å². The fourth-order valence-corrected chi connectivity index (χ4v) is 2.22. The van der Waals surface area contributed by atoms with Crippen LogP contribution in [-0.4, -0.2) is 5.24 Å². The molecule has 1 N–H and O–H groups in total. The lowest BCUT2D eigenvalue weighted by Crippen LogP contribution is -2.14. The maximum Gasteiger partial charge on any atom is 0.418 e. The number of nitriles is 1. The van der Waals surface area contributed by atoms with Gasteiger partial charge in [-0.3, -0.25) is 0 Å². The van der Waals surface area contributed by atoms with Crippen LogP contribution in [0.15, 0.2) is 42.5 Å². The van der Waals surface area contributed by atoms with Crippen LogP contribution >= 0.6 is 0 Å². The molecule has 7 heteroatoms. The molecule has 22 heavy (non-hydrogen) atoms. The fraction of sp³-hybridized carbons (Fsp3) is 0.0667. The Labute approximate surface area is 129 Å². The minimum atomic E-state index is -4.75. The number of hydrogen-bond acceptors (Lipinski definition) is 3. The topological polar surface area (TPSA) is 52.9 Å². The molecule has 112 valence electrons. The number of halogens is 3. The average Bonchev–Trinajstić information content (AvgIpc) is 2.46. The zero-order chi connectivity index (χ0) is 16.3. The molecular formula is C15H8F3N2OS-. The summed E-state index contributed by atoms with van der Waals surface area (Å²) in [5.41, 5.74) is -1.75. The Morgan fingerprint density at radius 1 is 1.14 bits per heavy atom. The predicted molar refractivity (Wildman–Crippen MR) is 78.0 cm³/mol. The second-order valence-electron chi connectivity index (χ2n) is 4.30. The van der Waals surface area contributed by atoms with Gasteiger partial charge in [0.1, 0.15) is 5.24 Å². The second-order valence-corrected chi connectivity index (χ2v) is 4.67. The summed E-state index contributed by atoms with van der Waals surface area (Å²) >= 11 is 4.37. The molecule has 0 aliphatic carbocycles. The molecule has 0 aliphatic rings. The molecule has 0 aromatic heterocycles. The van der Waals surface area contributed by atoms with Crippen LogP contribution in [0, 0.1) is 11.3 Å². The van der Waals surface area contributed by atoms with Gasteiger partial charge in [0.25, 0.3) is 0 Å². The highest BCUT2D eigenvalue weighted by Gasteiger charge is 2.38. The van der Waals surface area contributed by atoms with E-state index < -0.39 is 22.5 Å². The van der Waals surface area contributed by atoms with Crippen molar-refractivity contribution in [3.63, 3.8) is 0 Å². The highest BCUT2D eigenvalue weighted by Crippen LogP contribution is 2.43. The lowest BCUT2D eigenvalue weighted by Gasteiger charge is -2.20. The minimum Gasteiger partial charge on any atom is -0.719 e. The number of hydrogen-bond donors (Lipinski definition) is 1. The molecule has 2 aromatic carbocycles. The van der Waals surface area contributed by atoms with Gasteiger partial charge < -0.3 is 22.7 Å². The first-order chi connectivity index (χ1) is 10.3. The molecule has 0 aliphatic heterocycles. The minimum absolute atomic E-state index is 0.0856. The van der Waals surface area contributed by atoms with E-state index in [1.807, 2.05) is 0 Å². The molecule has 0 saturated heterocycles. The van der Waals surface area contributed by atoms with Gasteiger partial charge in [-0.05, 0) is 17.7 Å². The molecule has 0 bridgehead atoms. The molecule has 1 amide bonds. The molecule has 0 heterocycles. The number of anilines is 1. The van der Waals surface area contributed by atoms with E-state index in [0.717, 1.165) is 6.07 Å². The highest BCUT2D eigenvalue weighted by molar-refractivity contribution is 7.77. The Morgan fingerprint density at radius 2 is 1.77 bits per heavy atom. The number of rotatable bonds is 2. The van der Waals surface area contributed by atoms with Crippen molar-refractivity contribution in [1.29, 1.82) is 5.26 Å². The molecule has 3 nitrogen and oxygen atoms in total. The van der Waals surface area contributed by atoms with Gasteiger partial charge in [0.2, 0.25) is 0 Å². The summed E-state index contributed by atoms with van der Waals surface area (Å²) in [6.07, 6.45) is -4.75. The Kier molecular flexibility index (Phi) is 4.33. The molecule has 0 atom stereocenters. The molecule has 0 unspecified atom stereocenters. The van der Waals surface area contributed by atoms with E-state index in [0.29, 0.717) is 0 Å². The molecule has 0 saturated carbocycles. The number of benzene rings is 2. The van der Waals surface area contributed by atoms with Crippen LogP contribution in [-0.2, 0) is 18.8 Å². The maximum atomic E-state index is 13.4. The zero-order valence-corrected chi connectivity index (χ0v) is 11.8. The third-order valence-corrected chi connectivity index (χ3v) is 3.01. The van der Waals surface area contributed by atoms with Crippen LogP contribution in [0.1, 0.15) is 11.1 Å². The second kappa shape index (κ2) is 6.03. The molecule has 0 radical (unpaired) electrons. The number of amides is 1. The lowest BCUT2D eigenvalue weighted by atomic mass is 9.93. The van der Waals surface area contributed by atoms with E-state index in [2.05, 4.69) is 17.9 Å². The zero-order valence-electron chi connectivity index (χ0n) is 10.9. The van der Waals surface area contributed by atoms with Gasteiger partial charge in [0.05, 0.1) is 17.2 Å². The number of nitrogens with one attached hydrogen (secondary N) is 1. The molecule has 2 aromatic rings. The monoisotopic (exact) mass is 321 g/mol. The Balaban J connectivity index is 2.85. The number of carbonyl (C=O) groups is 1. The van der Waals surface area contributed by atoms with Crippen LogP contribution in [0.2, 0.25) is 0 Å². The van der Waals surface area contributed by atoms with E-state index in [1.165, 1.54) is 24.3 Å². The average molecular weight is 321 g/mol. The SMILES string of the molecule is N#Cc1ccc(NC(=O)[S-])c(-c2ccccc2)c1C(F)(F)F. The van der Waals surface area contributed by atoms with Crippen molar-refractivity contribution in [2.45, 2.75) is 6.18 Å². The van der Waals surface area contributed by atoms with E-state index in [1.54, 1.807) is 18.2 Å². The van der Waals surface area contributed by atoms with Gasteiger partial charge in [-0.2, -0.15) is 18.4 Å². The van der Waals surface area contributed by atoms with E-state index >= 15 is 0 Å². The van der Waals surface area contributed by atoms with Crippen molar-refractivity contribution in [2.75, 3.05) is 5.32 Å². The number of nitrogens with zero attached hydrogens (tertiary/aromatic N) is 1.